The average molecular weight is 431 g/mol. The Hall–Kier alpha value is -2.64. The smallest absolute Gasteiger partial charge is 0.334 e. The minimum absolute atomic E-state index is 0.112. The molecule has 1 spiro atoms. The third-order valence-electron chi connectivity index (χ3n) is 7.28. The van der Waals surface area contributed by atoms with Crippen LogP contribution in [-0.4, -0.2) is 56.8 Å². The fourth-order valence-corrected chi connectivity index (χ4v) is 5.20. The summed E-state index contributed by atoms with van der Waals surface area (Å²) in [7, 11) is 0. The van der Waals surface area contributed by atoms with Crippen LogP contribution in [0.5, 0.6) is 5.88 Å². The van der Waals surface area contributed by atoms with Gasteiger partial charge < -0.3 is 15.6 Å². The van der Waals surface area contributed by atoms with Crippen molar-refractivity contribution in [3.05, 3.63) is 26.4 Å². The van der Waals surface area contributed by atoms with Crippen molar-refractivity contribution >= 4 is 5.84 Å². The quantitative estimate of drug-likeness (QED) is 0.439. The molecule has 3 heterocycles. The van der Waals surface area contributed by atoms with Gasteiger partial charge in [-0.3, -0.25) is 24.2 Å². The van der Waals surface area contributed by atoms with Crippen LogP contribution < -0.4 is 17.0 Å². The second kappa shape index (κ2) is 7.80. The molecule has 2 aliphatic heterocycles. The van der Waals surface area contributed by atoms with Gasteiger partial charge in [-0.15, -0.1) is 0 Å². The highest BCUT2D eigenvalue weighted by Gasteiger charge is 2.56. The molecule has 0 aromatic carbocycles. The van der Waals surface area contributed by atoms with Crippen molar-refractivity contribution in [2.75, 3.05) is 26.3 Å². The summed E-state index contributed by atoms with van der Waals surface area (Å²) >= 11 is 0. The number of amidine groups is 1. The maximum atomic E-state index is 13.1. The lowest BCUT2D eigenvalue weighted by molar-refractivity contribution is -0.175. The molecule has 0 atom stereocenters. The predicted octanol–water partition coefficient (Wildman–Crippen LogP) is 0.509. The Morgan fingerprint density at radius 2 is 1.97 bits per heavy atom. The van der Waals surface area contributed by atoms with E-state index < -0.39 is 28.5 Å². The minimum Gasteiger partial charge on any atom is -0.494 e. The van der Waals surface area contributed by atoms with Crippen LogP contribution in [0.25, 0.3) is 0 Å². The van der Waals surface area contributed by atoms with Gasteiger partial charge in [-0.05, 0) is 37.5 Å². The summed E-state index contributed by atoms with van der Waals surface area (Å²) in [6.07, 6.45) is 4.51. The number of nitrogen functional groups attached to an aromatic ring is 1. The first kappa shape index (κ1) is 21.6. The highest BCUT2D eigenvalue weighted by atomic mass is 16.5. The molecule has 1 saturated carbocycles. The molecule has 168 valence electrons. The number of nitriles is 1. The molecule has 1 aromatic heterocycles. The summed E-state index contributed by atoms with van der Waals surface area (Å²) in [6, 6.07) is 2.10. The van der Waals surface area contributed by atoms with Crippen molar-refractivity contribution in [3.63, 3.8) is 0 Å². The van der Waals surface area contributed by atoms with Gasteiger partial charge in [0.1, 0.15) is 11.4 Å². The van der Waals surface area contributed by atoms with Crippen LogP contribution >= 0.6 is 0 Å². The first-order chi connectivity index (χ1) is 14.8. The lowest BCUT2D eigenvalue weighted by Gasteiger charge is -2.60. The fraction of sp³-hybridized carbons (Fsp3) is 0.714. The number of aromatic hydroxyl groups is 1. The van der Waals surface area contributed by atoms with E-state index in [4.69, 9.17) is 15.9 Å². The molecule has 4 rings (SSSR count). The summed E-state index contributed by atoms with van der Waals surface area (Å²) in [5.41, 5.74) is 3.68. The van der Waals surface area contributed by atoms with Crippen LogP contribution in [0.2, 0.25) is 0 Å². The number of ether oxygens (including phenoxy) is 1. The number of likely N-dealkylation sites (tertiary alicyclic amines) is 1. The summed E-state index contributed by atoms with van der Waals surface area (Å²) in [6.45, 7) is 4.82. The number of nitrogens with two attached hydrogens (primary N) is 1. The van der Waals surface area contributed by atoms with Crippen LogP contribution in [-0.2, 0) is 11.3 Å². The molecule has 0 unspecified atom stereocenters. The van der Waals surface area contributed by atoms with Crippen molar-refractivity contribution in [3.8, 4) is 11.9 Å². The monoisotopic (exact) mass is 430 g/mol. The molecule has 3 aliphatic rings. The van der Waals surface area contributed by atoms with E-state index in [0.29, 0.717) is 32.5 Å². The highest BCUT2D eigenvalue weighted by Crippen LogP contribution is 2.49. The van der Waals surface area contributed by atoms with Gasteiger partial charge in [-0.1, -0.05) is 13.3 Å². The fourth-order valence-electron chi connectivity index (χ4n) is 5.20. The number of hydrogen-bond acceptors (Lipinski definition) is 7. The largest absolute Gasteiger partial charge is 0.494 e. The molecular formula is C21H30N6O4. The highest BCUT2D eigenvalue weighted by molar-refractivity contribution is 5.96. The van der Waals surface area contributed by atoms with Crippen molar-refractivity contribution in [1.82, 2.24) is 14.0 Å². The van der Waals surface area contributed by atoms with Crippen LogP contribution in [0.3, 0.4) is 0 Å². The lowest BCUT2D eigenvalue weighted by atomic mass is 9.65. The first-order valence-corrected chi connectivity index (χ1v) is 10.9. The van der Waals surface area contributed by atoms with E-state index >= 15 is 0 Å². The zero-order valence-electron chi connectivity index (χ0n) is 17.9. The molecule has 2 saturated heterocycles. The second-order valence-electron chi connectivity index (χ2n) is 9.30. The molecule has 0 amide bonds. The van der Waals surface area contributed by atoms with Crippen LogP contribution in [0.15, 0.2) is 9.59 Å². The maximum Gasteiger partial charge on any atom is 0.334 e. The van der Waals surface area contributed by atoms with Crippen LogP contribution in [0, 0.1) is 22.2 Å². The van der Waals surface area contributed by atoms with E-state index in [1.54, 1.807) is 0 Å². The van der Waals surface area contributed by atoms with Crippen molar-refractivity contribution in [2.24, 2.45) is 11.1 Å². The lowest BCUT2D eigenvalue weighted by Crippen LogP contribution is -2.72. The SMILES string of the molecule is CCCCn1c(O)c(C(=N)N)c(=O)n(C2CCC3(CC2)CN(C2(C#N)COC2)C3)c1=O. The Balaban J connectivity index is 1.55. The van der Waals surface area contributed by atoms with Gasteiger partial charge in [0.2, 0.25) is 5.88 Å². The normalized spacial score (nSPS) is 22.5. The number of hydrogen-bond donors (Lipinski definition) is 3. The Kier molecular flexibility index (Phi) is 5.43. The summed E-state index contributed by atoms with van der Waals surface area (Å²) in [5, 5.41) is 27.7. The molecule has 0 bridgehead atoms. The Morgan fingerprint density at radius 3 is 2.45 bits per heavy atom. The summed E-state index contributed by atoms with van der Waals surface area (Å²) < 4.78 is 7.63. The van der Waals surface area contributed by atoms with Crippen LogP contribution in [0.1, 0.15) is 57.1 Å². The molecule has 10 nitrogen and oxygen atoms in total. The van der Waals surface area contributed by atoms with Crippen molar-refractivity contribution in [1.29, 1.82) is 10.7 Å². The maximum absolute atomic E-state index is 13.1. The van der Waals surface area contributed by atoms with E-state index in [1.165, 1.54) is 9.13 Å². The summed E-state index contributed by atoms with van der Waals surface area (Å²) in [5.74, 6) is -1.05. The van der Waals surface area contributed by atoms with E-state index in [1.807, 2.05) is 6.92 Å². The molecular weight excluding hydrogens is 400 g/mol. The molecule has 10 heteroatoms. The van der Waals surface area contributed by atoms with Gasteiger partial charge in [-0.2, -0.15) is 5.26 Å². The zero-order valence-corrected chi connectivity index (χ0v) is 17.9. The van der Waals surface area contributed by atoms with E-state index in [0.717, 1.165) is 32.4 Å². The molecule has 3 fully saturated rings. The Morgan fingerprint density at radius 1 is 1.32 bits per heavy atom. The van der Waals surface area contributed by atoms with Crippen LogP contribution in [0.4, 0.5) is 0 Å². The molecule has 4 N–H and O–H groups in total. The average Bonchev–Trinajstić information content (AvgIpc) is 2.67. The number of unbranched alkanes of at least 4 members (excludes halogenated alkanes) is 1. The van der Waals surface area contributed by atoms with Gasteiger partial charge in [-0.25, -0.2) is 4.79 Å². The third kappa shape index (κ3) is 3.36. The zero-order chi connectivity index (χ0) is 22.4. The summed E-state index contributed by atoms with van der Waals surface area (Å²) in [4.78, 5) is 28.3. The second-order valence-corrected chi connectivity index (χ2v) is 9.30. The first-order valence-electron chi connectivity index (χ1n) is 10.9. The number of aromatic nitrogens is 2. The van der Waals surface area contributed by atoms with E-state index in [-0.39, 0.29) is 23.6 Å². The number of nitrogens with one attached hydrogen (secondary N) is 1. The number of nitrogens with zero attached hydrogens (tertiary/aromatic N) is 4. The Bertz CT molecular complexity index is 1030. The standard InChI is InChI=1S/C21H30N6O4/c1-2-3-8-26-17(28)15(16(23)24)18(29)27(19(26)30)14-4-6-20(7-5-14)10-25(11-20)21(9-22)12-31-13-21/h14,28H,2-8,10-13H2,1H3,(H3,23,24). The van der Waals surface area contributed by atoms with Gasteiger partial charge >= 0.3 is 5.69 Å². The Labute approximate surface area is 180 Å². The topological polar surface area (TPSA) is 150 Å². The van der Waals surface area contributed by atoms with Crippen molar-refractivity contribution in [2.45, 2.75) is 63.6 Å². The van der Waals surface area contributed by atoms with Gasteiger partial charge in [0.05, 0.1) is 19.3 Å². The van der Waals surface area contributed by atoms with Crippen molar-refractivity contribution < 1.29 is 9.84 Å². The van der Waals surface area contributed by atoms with Gasteiger partial charge in [0.15, 0.2) is 5.54 Å². The molecule has 31 heavy (non-hydrogen) atoms. The minimum atomic E-state index is -0.686. The third-order valence-corrected chi connectivity index (χ3v) is 7.28. The molecule has 1 aliphatic carbocycles. The molecule has 0 radical (unpaired) electrons. The van der Waals surface area contributed by atoms with Gasteiger partial charge in [0, 0.05) is 25.7 Å². The van der Waals surface area contributed by atoms with E-state index in [2.05, 4.69) is 11.0 Å². The number of rotatable bonds is 6. The predicted molar refractivity (Wildman–Crippen MR) is 113 cm³/mol. The van der Waals surface area contributed by atoms with Gasteiger partial charge in [0.25, 0.3) is 5.56 Å². The van der Waals surface area contributed by atoms with E-state index in [9.17, 15) is 20.0 Å². The molecule has 1 aromatic rings.